The SMILES string of the molecule is C=C(C)c1cccc(C(C)(C)NC(O)NCCC)c1. The van der Waals surface area contributed by atoms with Crippen LogP contribution in [-0.4, -0.2) is 18.0 Å². The normalized spacial score (nSPS) is 13.3. The van der Waals surface area contributed by atoms with Crippen molar-refractivity contribution in [2.75, 3.05) is 6.54 Å². The van der Waals surface area contributed by atoms with Gasteiger partial charge in [0.15, 0.2) is 6.35 Å². The Balaban J connectivity index is 2.81. The zero-order chi connectivity index (χ0) is 14.5. The summed E-state index contributed by atoms with van der Waals surface area (Å²) in [6.45, 7) is 12.9. The highest BCUT2D eigenvalue weighted by atomic mass is 16.3. The summed E-state index contributed by atoms with van der Waals surface area (Å²) in [5, 5.41) is 16.1. The van der Waals surface area contributed by atoms with E-state index in [-0.39, 0.29) is 5.54 Å². The van der Waals surface area contributed by atoms with E-state index >= 15 is 0 Å². The van der Waals surface area contributed by atoms with Gasteiger partial charge < -0.3 is 5.11 Å². The lowest BCUT2D eigenvalue weighted by Crippen LogP contribution is -2.51. The van der Waals surface area contributed by atoms with E-state index in [0.29, 0.717) is 0 Å². The van der Waals surface area contributed by atoms with E-state index in [0.717, 1.165) is 29.7 Å². The molecule has 0 spiro atoms. The van der Waals surface area contributed by atoms with E-state index in [1.807, 2.05) is 19.1 Å². The summed E-state index contributed by atoms with van der Waals surface area (Å²) in [6.07, 6.45) is 0.285. The van der Waals surface area contributed by atoms with Gasteiger partial charge in [-0.3, -0.25) is 10.6 Å². The van der Waals surface area contributed by atoms with Crippen LogP contribution >= 0.6 is 0 Å². The highest BCUT2D eigenvalue weighted by Crippen LogP contribution is 2.23. The highest BCUT2D eigenvalue weighted by molar-refractivity contribution is 5.62. The summed E-state index contributed by atoms with van der Waals surface area (Å²) < 4.78 is 0. The van der Waals surface area contributed by atoms with Gasteiger partial charge in [-0.1, -0.05) is 37.3 Å². The summed E-state index contributed by atoms with van der Waals surface area (Å²) in [7, 11) is 0. The molecule has 0 aromatic heterocycles. The summed E-state index contributed by atoms with van der Waals surface area (Å²) in [6, 6.07) is 8.25. The Morgan fingerprint density at radius 2 is 2.11 bits per heavy atom. The molecule has 0 aliphatic carbocycles. The second-order valence-corrected chi connectivity index (χ2v) is 5.49. The third kappa shape index (κ3) is 4.78. The molecule has 0 amide bonds. The zero-order valence-electron chi connectivity index (χ0n) is 12.5. The third-order valence-corrected chi connectivity index (χ3v) is 3.16. The Bertz CT molecular complexity index is 427. The molecule has 0 saturated carbocycles. The molecule has 3 nitrogen and oxygen atoms in total. The third-order valence-electron chi connectivity index (χ3n) is 3.16. The van der Waals surface area contributed by atoms with Crippen LogP contribution in [-0.2, 0) is 5.54 Å². The molecule has 0 bridgehead atoms. The van der Waals surface area contributed by atoms with Crippen molar-refractivity contribution in [2.45, 2.75) is 46.0 Å². The maximum Gasteiger partial charge on any atom is 0.161 e. The largest absolute Gasteiger partial charge is 0.365 e. The first-order valence-electron chi connectivity index (χ1n) is 6.82. The van der Waals surface area contributed by atoms with E-state index in [2.05, 4.69) is 50.1 Å². The first-order valence-corrected chi connectivity index (χ1v) is 6.82. The fraction of sp³-hybridized carbons (Fsp3) is 0.500. The molecule has 3 heteroatoms. The van der Waals surface area contributed by atoms with Crippen molar-refractivity contribution in [1.29, 1.82) is 0 Å². The summed E-state index contributed by atoms with van der Waals surface area (Å²) in [5.74, 6) is 0. The van der Waals surface area contributed by atoms with Crippen LogP contribution in [0.4, 0.5) is 0 Å². The van der Waals surface area contributed by atoms with Gasteiger partial charge in [-0.2, -0.15) is 0 Å². The minimum absolute atomic E-state index is 0.314. The molecule has 0 heterocycles. The first-order chi connectivity index (χ1) is 8.86. The number of hydrogen-bond acceptors (Lipinski definition) is 3. The molecular weight excluding hydrogens is 236 g/mol. The van der Waals surface area contributed by atoms with E-state index in [9.17, 15) is 5.11 Å². The number of allylic oxidation sites excluding steroid dienone is 1. The molecule has 19 heavy (non-hydrogen) atoms. The zero-order valence-corrected chi connectivity index (χ0v) is 12.5. The average molecular weight is 262 g/mol. The highest BCUT2D eigenvalue weighted by Gasteiger charge is 2.23. The quantitative estimate of drug-likeness (QED) is 0.662. The summed E-state index contributed by atoms with van der Waals surface area (Å²) in [4.78, 5) is 0. The molecule has 0 aliphatic rings. The van der Waals surface area contributed by atoms with Crippen molar-refractivity contribution in [3.8, 4) is 0 Å². The van der Waals surface area contributed by atoms with Crippen molar-refractivity contribution >= 4 is 5.57 Å². The maximum atomic E-state index is 9.92. The molecular formula is C16H26N2O. The smallest absolute Gasteiger partial charge is 0.161 e. The van der Waals surface area contributed by atoms with Crippen molar-refractivity contribution < 1.29 is 5.11 Å². The Hall–Kier alpha value is -1.16. The van der Waals surface area contributed by atoms with Gasteiger partial charge in [-0.25, -0.2) is 0 Å². The van der Waals surface area contributed by atoms with Gasteiger partial charge in [0.05, 0.1) is 0 Å². The lowest BCUT2D eigenvalue weighted by Gasteiger charge is -2.30. The summed E-state index contributed by atoms with van der Waals surface area (Å²) in [5.41, 5.74) is 2.99. The molecule has 0 fully saturated rings. The Kier molecular flexibility index (Phi) is 5.73. The topological polar surface area (TPSA) is 44.3 Å². The van der Waals surface area contributed by atoms with Crippen molar-refractivity contribution in [3.05, 3.63) is 42.0 Å². The number of rotatable bonds is 7. The molecule has 106 valence electrons. The van der Waals surface area contributed by atoms with Crippen LogP contribution in [0, 0.1) is 0 Å². The second-order valence-electron chi connectivity index (χ2n) is 5.49. The minimum atomic E-state index is -0.705. The minimum Gasteiger partial charge on any atom is -0.365 e. The number of hydrogen-bond donors (Lipinski definition) is 3. The number of benzene rings is 1. The molecule has 0 aliphatic heterocycles. The van der Waals surface area contributed by atoms with E-state index in [4.69, 9.17) is 0 Å². The molecule has 0 radical (unpaired) electrons. The maximum absolute atomic E-state index is 9.92. The average Bonchev–Trinajstić information content (AvgIpc) is 2.36. The number of aliphatic hydroxyl groups excluding tert-OH is 1. The molecule has 0 saturated heterocycles. The predicted octanol–water partition coefficient (Wildman–Crippen LogP) is 2.82. The molecule has 3 N–H and O–H groups in total. The van der Waals surface area contributed by atoms with Crippen molar-refractivity contribution in [3.63, 3.8) is 0 Å². The predicted molar refractivity (Wildman–Crippen MR) is 81.6 cm³/mol. The molecule has 1 aromatic rings. The van der Waals surface area contributed by atoms with E-state index in [1.165, 1.54) is 0 Å². The number of aliphatic hydroxyl groups is 1. The Labute approximate surface area is 116 Å². The first kappa shape index (κ1) is 15.9. The van der Waals surface area contributed by atoms with Crippen LogP contribution in [0.5, 0.6) is 0 Å². The molecule has 1 atom stereocenters. The fourth-order valence-electron chi connectivity index (χ4n) is 1.93. The monoisotopic (exact) mass is 262 g/mol. The molecule has 1 aromatic carbocycles. The van der Waals surface area contributed by atoms with Crippen LogP contribution in [0.3, 0.4) is 0 Å². The van der Waals surface area contributed by atoms with Crippen LogP contribution in [0.25, 0.3) is 5.57 Å². The van der Waals surface area contributed by atoms with Gasteiger partial charge in [-0.15, -0.1) is 0 Å². The Morgan fingerprint density at radius 3 is 2.68 bits per heavy atom. The van der Waals surface area contributed by atoms with Gasteiger partial charge >= 0.3 is 0 Å². The lowest BCUT2D eigenvalue weighted by molar-refractivity contribution is 0.0696. The van der Waals surface area contributed by atoms with Crippen molar-refractivity contribution in [1.82, 2.24) is 10.6 Å². The number of nitrogens with one attached hydrogen (secondary N) is 2. The second kappa shape index (κ2) is 6.85. The van der Waals surface area contributed by atoms with Crippen molar-refractivity contribution in [2.24, 2.45) is 0 Å². The van der Waals surface area contributed by atoms with E-state index < -0.39 is 6.35 Å². The lowest BCUT2D eigenvalue weighted by atomic mass is 9.92. The standard InChI is InChI=1S/C16H26N2O/c1-6-10-17-15(19)18-16(4,5)14-9-7-8-13(11-14)12(2)3/h7-9,11,15,17-19H,2,6,10H2,1,3-5H3. The molecule has 1 unspecified atom stereocenters. The van der Waals surface area contributed by atoms with Gasteiger partial charge in [0, 0.05) is 5.54 Å². The van der Waals surface area contributed by atoms with Gasteiger partial charge in [0.2, 0.25) is 0 Å². The van der Waals surface area contributed by atoms with Gasteiger partial charge in [0.1, 0.15) is 0 Å². The molecule has 1 rings (SSSR count). The van der Waals surface area contributed by atoms with Crippen LogP contribution in [0.15, 0.2) is 30.8 Å². The fourth-order valence-corrected chi connectivity index (χ4v) is 1.93. The van der Waals surface area contributed by atoms with Gasteiger partial charge in [0.25, 0.3) is 0 Å². The van der Waals surface area contributed by atoms with Crippen LogP contribution in [0.1, 0.15) is 45.2 Å². The van der Waals surface area contributed by atoms with E-state index in [1.54, 1.807) is 0 Å². The van der Waals surface area contributed by atoms with Crippen LogP contribution < -0.4 is 10.6 Å². The van der Waals surface area contributed by atoms with Gasteiger partial charge in [-0.05, 0) is 50.9 Å². The Morgan fingerprint density at radius 1 is 1.42 bits per heavy atom. The summed E-state index contributed by atoms with van der Waals surface area (Å²) >= 11 is 0. The van der Waals surface area contributed by atoms with Crippen LogP contribution in [0.2, 0.25) is 0 Å².